The number of rotatable bonds is 5. The van der Waals surface area contributed by atoms with Crippen molar-refractivity contribution in [1.82, 2.24) is 4.98 Å². The number of nitrogens with zero attached hydrogens (tertiary/aromatic N) is 1. The summed E-state index contributed by atoms with van der Waals surface area (Å²) in [5.41, 5.74) is 2.99. The Morgan fingerprint density at radius 3 is 2.36 bits per heavy atom. The van der Waals surface area contributed by atoms with Gasteiger partial charge in [0.2, 0.25) is 5.91 Å². The zero-order valence-corrected chi connectivity index (χ0v) is 14.5. The van der Waals surface area contributed by atoms with Gasteiger partial charge in [0.25, 0.3) is 5.91 Å². The lowest BCUT2D eigenvalue weighted by Crippen LogP contribution is -2.15. The van der Waals surface area contributed by atoms with Gasteiger partial charge in [-0.15, -0.1) is 11.3 Å². The van der Waals surface area contributed by atoms with E-state index >= 15 is 0 Å². The van der Waals surface area contributed by atoms with E-state index in [1.807, 2.05) is 42.6 Å². The summed E-state index contributed by atoms with van der Waals surface area (Å²) >= 11 is 1.38. The number of anilines is 2. The maximum Gasteiger partial charge on any atom is 0.257 e. The van der Waals surface area contributed by atoms with Crippen molar-refractivity contribution in [3.63, 3.8) is 0 Å². The van der Waals surface area contributed by atoms with Gasteiger partial charge in [-0.2, -0.15) is 0 Å². The molecule has 0 spiro atoms. The lowest BCUT2D eigenvalue weighted by molar-refractivity contribution is -0.115. The van der Waals surface area contributed by atoms with Gasteiger partial charge in [0.15, 0.2) is 5.13 Å². The number of carbonyl (C=O) groups excluding carboxylic acids is 2. The molecular formula is C19H17N3O2S. The van der Waals surface area contributed by atoms with Crippen LogP contribution in [0.25, 0.3) is 0 Å². The van der Waals surface area contributed by atoms with Crippen molar-refractivity contribution in [2.24, 2.45) is 0 Å². The van der Waals surface area contributed by atoms with Crippen LogP contribution in [0.5, 0.6) is 0 Å². The van der Waals surface area contributed by atoms with Gasteiger partial charge in [-0.1, -0.05) is 30.3 Å². The molecule has 0 radical (unpaired) electrons. The fourth-order valence-corrected chi connectivity index (χ4v) is 2.96. The first-order chi connectivity index (χ1) is 12.1. The summed E-state index contributed by atoms with van der Waals surface area (Å²) in [7, 11) is 0. The molecule has 0 aliphatic rings. The molecule has 0 aliphatic heterocycles. The molecule has 5 nitrogen and oxygen atoms in total. The first-order valence-corrected chi connectivity index (χ1v) is 8.65. The lowest BCUT2D eigenvalue weighted by atomic mass is 10.1. The van der Waals surface area contributed by atoms with Crippen molar-refractivity contribution in [2.75, 3.05) is 10.6 Å². The number of hydrogen-bond acceptors (Lipinski definition) is 4. The Kier molecular flexibility index (Phi) is 5.20. The van der Waals surface area contributed by atoms with Crippen molar-refractivity contribution in [2.45, 2.75) is 13.3 Å². The van der Waals surface area contributed by atoms with E-state index in [9.17, 15) is 9.59 Å². The van der Waals surface area contributed by atoms with Gasteiger partial charge >= 0.3 is 0 Å². The monoisotopic (exact) mass is 351 g/mol. The molecule has 25 heavy (non-hydrogen) atoms. The second-order valence-electron chi connectivity index (χ2n) is 5.54. The quantitative estimate of drug-likeness (QED) is 0.733. The van der Waals surface area contributed by atoms with E-state index in [1.165, 1.54) is 11.3 Å². The minimum Gasteiger partial charge on any atom is -0.326 e. The largest absolute Gasteiger partial charge is 0.326 e. The molecule has 0 fully saturated rings. The van der Waals surface area contributed by atoms with Crippen LogP contribution in [-0.4, -0.2) is 16.8 Å². The number of hydrogen-bond donors (Lipinski definition) is 2. The van der Waals surface area contributed by atoms with Crippen molar-refractivity contribution < 1.29 is 9.59 Å². The number of carbonyl (C=O) groups is 2. The van der Waals surface area contributed by atoms with E-state index in [-0.39, 0.29) is 11.8 Å². The number of amides is 2. The second kappa shape index (κ2) is 7.72. The van der Waals surface area contributed by atoms with E-state index in [2.05, 4.69) is 15.6 Å². The topological polar surface area (TPSA) is 71.1 Å². The predicted octanol–water partition coefficient (Wildman–Crippen LogP) is 3.89. The molecule has 3 rings (SSSR count). The highest BCUT2D eigenvalue weighted by Crippen LogP contribution is 2.17. The average Bonchev–Trinajstić information content (AvgIpc) is 3.01. The standard InChI is InChI=1S/C19H17N3O2S/c1-13-12-25-19(20-13)22-18(24)15-7-9-16(10-8-15)21-17(23)11-14-5-3-2-4-6-14/h2-10,12H,11H2,1H3,(H,21,23)(H,20,22,24). The highest BCUT2D eigenvalue weighted by atomic mass is 32.1. The molecule has 0 atom stereocenters. The third-order valence-corrected chi connectivity index (χ3v) is 4.35. The summed E-state index contributed by atoms with van der Waals surface area (Å²) in [5.74, 6) is -0.321. The molecule has 2 aromatic carbocycles. The van der Waals surface area contributed by atoms with Gasteiger partial charge in [-0.05, 0) is 36.8 Å². The van der Waals surface area contributed by atoms with Gasteiger partial charge in [0, 0.05) is 16.6 Å². The highest BCUT2D eigenvalue weighted by Gasteiger charge is 2.09. The van der Waals surface area contributed by atoms with E-state index < -0.39 is 0 Å². The number of benzene rings is 2. The summed E-state index contributed by atoms with van der Waals surface area (Å²) < 4.78 is 0. The van der Waals surface area contributed by atoms with Crippen LogP contribution in [0.2, 0.25) is 0 Å². The fraction of sp³-hybridized carbons (Fsp3) is 0.105. The summed E-state index contributed by atoms with van der Waals surface area (Å²) in [4.78, 5) is 28.4. The SMILES string of the molecule is Cc1csc(NC(=O)c2ccc(NC(=O)Cc3ccccc3)cc2)n1. The zero-order chi connectivity index (χ0) is 17.6. The zero-order valence-electron chi connectivity index (χ0n) is 13.7. The molecule has 0 saturated carbocycles. The Hall–Kier alpha value is -2.99. The number of nitrogens with one attached hydrogen (secondary N) is 2. The predicted molar refractivity (Wildman–Crippen MR) is 100 cm³/mol. The molecule has 0 bridgehead atoms. The highest BCUT2D eigenvalue weighted by molar-refractivity contribution is 7.13. The molecule has 1 aromatic heterocycles. The maximum absolute atomic E-state index is 12.2. The molecule has 126 valence electrons. The third-order valence-electron chi connectivity index (χ3n) is 3.48. The summed E-state index contributed by atoms with van der Waals surface area (Å²) in [5, 5.41) is 8.03. The van der Waals surface area contributed by atoms with Crippen LogP contribution in [-0.2, 0) is 11.2 Å². The van der Waals surface area contributed by atoms with Crippen LogP contribution >= 0.6 is 11.3 Å². The van der Waals surface area contributed by atoms with Crippen LogP contribution in [0.4, 0.5) is 10.8 Å². The molecule has 0 saturated heterocycles. The van der Waals surface area contributed by atoms with Gasteiger partial charge in [0.05, 0.1) is 12.1 Å². The molecule has 1 heterocycles. The van der Waals surface area contributed by atoms with Crippen LogP contribution < -0.4 is 10.6 Å². The number of aromatic nitrogens is 1. The van der Waals surface area contributed by atoms with Crippen LogP contribution in [0.15, 0.2) is 60.0 Å². The maximum atomic E-state index is 12.2. The molecule has 2 N–H and O–H groups in total. The van der Waals surface area contributed by atoms with Crippen molar-refractivity contribution >= 4 is 34.0 Å². The molecule has 6 heteroatoms. The molecule has 3 aromatic rings. The number of aryl methyl sites for hydroxylation is 1. The molecule has 2 amide bonds. The molecule has 0 aliphatic carbocycles. The number of thiazole rings is 1. The van der Waals surface area contributed by atoms with Gasteiger partial charge in [-0.3, -0.25) is 14.9 Å². The van der Waals surface area contributed by atoms with E-state index in [1.54, 1.807) is 24.3 Å². The van der Waals surface area contributed by atoms with E-state index in [4.69, 9.17) is 0 Å². The van der Waals surface area contributed by atoms with Gasteiger partial charge < -0.3 is 5.32 Å². The smallest absolute Gasteiger partial charge is 0.257 e. The first-order valence-electron chi connectivity index (χ1n) is 7.77. The first kappa shape index (κ1) is 16.9. The Bertz CT molecular complexity index is 873. The summed E-state index contributed by atoms with van der Waals surface area (Å²) in [6.45, 7) is 1.87. The second-order valence-corrected chi connectivity index (χ2v) is 6.39. The minimum atomic E-state index is -0.225. The van der Waals surface area contributed by atoms with Gasteiger partial charge in [-0.25, -0.2) is 4.98 Å². The Morgan fingerprint density at radius 1 is 1.00 bits per heavy atom. The Labute approximate surface area is 149 Å². The molecular weight excluding hydrogens is 334 g/mol. The van der Waals surface area contributed by atoms with E-state index in [0.717, 1.165) is 11.3 Å². The fourth-order valence-electron chi connectivity index (χ4n) is 2.27. The normalized spacial score (nSPS) is 10.3. The lowest BCUT2D eigenvalue weighted by Gasteiger charge is -2.07. The van der Waals surface area contributed by atoms with E-state index in [0.29, 0.717) is 22.8 Å². The van der Waals surface area contributed by atoms with Crippen molar-refractivity contribution in [1.29, 1.82) is 0 Å². The Morgan fingerprint density at radius 2 is 1.72 bits per heavy atom. The average molecular weight is 351 g/mol. The summed E-state index contributed by atoms with van der Waals surface area (Å²) in [6.07, 6.45) is 0.312. The third kappa shape index (κ3) is 4.74. The Balaban J connectivity index is 1.58. The molecule has 0 unspecified atom stereocenters. The van der Waals surface area contributed by atoms with Crippen molar-refractivity contribution in [3.8, 4) is 0 Å². The van der Waals surface area contributed by atoms with Crippen LogP contribution in [0.3, 0.4) is 0 Å². The summed E-state index contributed by atoms with van der Waals surface area (Å²) in [6, 6.07) is 16.3. The van der Waals surface area contributed by atoms with Crippen molar-refractivity contribution in [3.05, 3.63) is 76.8 Å². The van der Waals surface area contributed by atoms with Crippen LogP contribution in [0.1, 0.15) is 21.6 Å². The minimum absolute atomic E-state index is 0.0957. The van der Waals surface area contributed by atoms with Crippen LogP contribution in [0, 0.1) is 6.92 Å². The van der Waals surface area contributed by atoms with Gasteiger partial charge in [0.1, 0.15) is 0 Å².